The third kappa shape index (κ3) is 4.16. The summed E-state index contributed by atoms with van der Waals surface area (Å²) in [5.74, 6) is -1.73. The molecule has 8 heteroatoms. The largest absolute Gasteiger partial charge is 0.489 e. The number of hydrogen-bond acceptors (Lipinski definition) is 3. The molecule has 1 N–H and O–H groups in total. The third-order valence-electron chi connectivity index (χ3n) is 2.67. The summed E-state index contributed by atoms with van der Waals surface area (Å²) in [6.45, 7) is -0.212. The molecule has 0 atom stereocenters. The van der Waals surface area contributed by atoms with Crippen LogP contribution in [-0.2, 0) is 10.0 Å². The molecule has 0 aromatic heterocycles. The fourth-order valence-corrected chi connectivity index (χ4v) is 3.20. The van der Waals surface area contributed by atoms with Gasteiger partial charge in [-0.15, -0.1) is 0 Å². The van der Waals surface area contributed by atoms with Gasteiger partial charge in [-0.1, -0.05) is 23.7 Å². The van der Waals surface area contributed by atoms with Crippen LogP contribution in [0.5, 0.6) is 5.75 Å². The second-order valence-corrected chi connectivity index (χ2v) is 6.39. The fourth-order valence-electron chi connectivity index (χ4n) is 1.67. The van der Waals surface area contributed by atoms with Crippen LogP contribution in [0.1, 0.15) is 0 Å². The van der Waals surface area contributed by atoms with E-state index in [1.165, 1.54) is 12.1 Å². The number of sulfonamides is 1. The molecule has 0 spiro atoms. The van der Waals surface area contributed by atoms with Crippen molar-refractivity contribution in [2.75, 3.05) is 13.2 Å². The highest BCUT2D eigenvalue weighted by Gasteiger charge is 2.16. The Morgan fingerprint density at radius 2 is 1.86 bits per heavy atom. The van der Waals surface area contributed by atoms with Gasteiger partial charge in [-0.3, -0.25) is 0 Å². The number of nitrogens with one attached hydrogen (secondary N) is 1. The third-order valence-corrected chi connectivity index (χ3v) is 4.63. The van der Waals surface area contributed by atoms with Crippen molar-refractivity contribution >= 4 is 21.6 Å². The van der Waals surface area contributed by atoms with Crippen molar-refractivity contribution in [3.8, 4) is 5.75 Å². The molecule has 0 aliphatic carbocycles. The number of ether oxygens (including phenoxy) is 1. The van der Waals surface area contributed by atoms with Crippen molar-refractivity contribution in [1.29, 1.82) is 0 Å². The van der Waals surface area contributed by atoms with Crippen LogP contribution in [0.3, 0.4) is 0 Å². The van der Waals surface area contributed by atoms with E-state index in [2.05, 4.69) is 4.72 Å². The van der Waals surface area contributed by atoms with Crippen LogP contribution < -0.4 is 9.46 Å². The highest BCUT2D eigenvalue weighted by molar-refractivity contribution is 7.89. The Morgan fingerprint density at radius 3 is 2.55 bits per heavy atom. The minimum absolute atomic E-state index is 0.0513. The molecule has 0 saturated carbocycles. The van der Waals surface area contributed by atoms with Gasteiger partial charge in [-0.25, -0.2) is 21.9 Å². The first-order valence-electron chi connectivity index (χ1n) is 6.22. The number of benzene rings is 2. The zero-order valence-corrected chi connectivity index (χ0v) is 12.8. The molecular weight excluding hydrogens is 336 g/mol. The number of halogens is 3. The molecular formula is C14H12ClF2NO3S. The first-order valence-corrected chi connectivity index (χ1v) is 8.08. The van der Waals surface area contributed by atoms with Gasteiger partial charge < -0.3 is 4.74 Å². The van der Waals surface area contributed by atoms with Crippen molar-refractivity contribution < 1.29 is 21.9 Å². The maximum absolute atomic E-state index is 13.3. The summed E-state index contributed by atoms with van der Waals surface area (Å²) < 4.78 is 57.4. The molecule has 0 unspecified atom stereocenters. The summed E-state index contributed by atoms with van der Waals surface area (Å²) in [4.78, 5) is -0.0513. The summed E-state index contributed by atoms with van der Waals surface area (Å²) in [6, 6.07) is 8.85. The predicted octanol–water partition coefficient (Wildman–Crippen LogP) is 2.98. The summed E-state index contributed by atoms with van der Waals surface area (Å²) in [5, 5.41) is 0.0977. The van der Waals surface area contributed by atoms with Crippen LogP contribution in [0.15, 0.2) is 47.4 Å². The zero-order valence-electron chi connectivity index (χ0n) is 11.2. The molecule has 0 aliphatic rings. The van der Waals surface area contributed by atoms with Gasteiger partial charge in [-0.2, -0.15) is 0 Å². The summed E-state index contributed by atoms with van der Waals surface area (Å²) in [5.41, 5.74) is 0. The molecule has 2 rings (SSSR count). The van der Waals surface area contributed by atoms with Gasteiger partial charge in [0.15, 0.2) is 11.6 Å². The average Bonchev–Trinajstić information content (AvgIpc) is 2.45. The van der Waals surface area contributed by atoms with Gasteiger partial charge in [0.1, 0.15) is 17.3 Å². The Kier molecular flexibility index (Phi) is 5.33. The van der Waals surface area contributed by atoms with Gasteiger partial charge in [0.05, 0.1) is 5.02 Å². The maximum atomic E-state index is 13.3. The van der Waals surface area contributed by atoms with Crippen LogP contribution in [0.4, 0.5) is 8.78 Å². The molecule has 0 heterocycles. The van der Waals surface area contributed by atoms with Crippen LogP contribution in [0.25, 0.3) is 0 Å². The minimum Gasteiger partial charge on any atom is -0.489 e. The Hall–Kier alpha value is -1.70. The molecule has 0 saturated heterocycles. The lowest BCUT2D eigenvalue weighted by atomic mass is 10.3. The van der Waals surface area contributed by atoms with Crippen molar-refractivity contribution in [2.24, 2.45) is 0 Å². The first-order chi connectivity index (χ1) is 10.4. The van der Waals surface area contributed by atoms with Gasteiger partial charge >= 0.3 is 0 Å². The molecule has 0 fully saturated rings. The van der Waals surface area contributed by atoms with Gasteiger partial charge in [0.25, 0.3) is 0 Å². The molecule has 0 bridgehead atoms. The van der Waals surface area contributed by atoms with Crippen LogP contribution in [0, 0.1) is 11.6 Å². The Bertz CT molecular complexity index is 768. The van der Waals surface area contributed by atoms with E-state index in [1.807, 2.05) is 0 Å². The topological polar surface area (TPSA) is 55.4 Å². The van der Waals surface area contributed by atoms with Crippen LogP contribution >= 0.6 is 11.6 Å². The SMILES string of the molecule is O=S(=O)(NCCOc1ccc(F)cc1F)c1ccccc1Cl. The van der Waals surface area contributed by atoms with E-state index in [4.69, 9.17) is 16.3 Å². The van der Waals surface area contributed by atoms with Crippen molar-refractivity contribution in [1.82, 2.24) is 4.72 Å². The summed E-state index contributed by atoms with van der Waals surface area (Å²) in [7, 11) is -3.78. The van der Waals surface area contributed by atoms with Gasteiger partial charge in [-0.05, 0) is 24.3 Å². The molecule has 4 nitrogen and oxygen atoms in total. The molecule has 118 valence electrons. The van der Waals surface area contributed by atoms with E-state index in [0.29, 0.717) is 6.07 Å². The molecule has 2 aromatic carbocycles. The van der Waals surface area contributed by atoms with Crippen molar-refractivity contribution in [3.63, 3.8) is 0 Å². The van der Waals surface area contributed by atoms with Gasteiger partial charge in [0.2, 0.25) is 10.0 Å². The maximum Gasteiger partial charge on any atom is 0.242 e. The van der Waals surface area contributed by atoms with E-state index in [1.54, 1.807) is 12.1 Å². The highest BCUT2D eigenvalue weighted by atomic mass is 35.5. The predicted molar refractivity (Wildman–Crippen MR) is 78.5 cm³/mol. The summed E-state index contributed by atoms with van der Waals surface area (Å²) >= 11 is 5.82. The van der Waals surface area contributed by atoms with E-state index in [-0.39, 0.29) is 28.8 Å². The fraction of sp³-hybridized carbons (Fsp3) is 0.143. The normalized spacial score (nSPS) is 11.4. The van der Waals surface area contributed by atoms with Gasteiger partial charge in [0, 0.05) is 12.6 Å². The van der Waals surface area contributed by atoms with E-state index in [0.717, 1.165) is 12.1 Å². The van der Waals surface area contributed by atoms with Crippen LogP contribution in [0.2, 0.25) is 5.02 Å². The Balaban J connectivity index is 1.92. The monoisotopic (exact) mass is 347 g/mol. The lowest BCUT2D eigenvalue weighted by Gasteiger charge is -2.10. The lowest BCUT2D eigenvalue weighted by molar-refractivity contribution is 0.305. The van der Waals surface area contributed by atoms with E-state index < -0.39 is 21.7 Å². The van der Waals surface area contributed by atoms with E-state index >= 15 is 0 Å². The average molecular weight is 348 g/mol. The van der Waals surface area contributed by atoms with E-state index in [9.17, 15) is 17.2 Å². The second-order valence-electron chi connectivity index (χ2n) is 4.25. The lowest BCUT2D eigenvalue weighted by Crippen LogP contribution is -2.28. The standard InChI is InChI=1S/C14H12ClF2NO3S/c15-11-3-1-2-4-14(11)22(19,20)18-7-8-21-13-6-5-10(16)9-12(13)17/h1-6,9,18H,7-8H2. The molecule has 2 aromatic rings. The number of hydrogen-bond donors (Lipinski definition) is 1. The molecule has 22 heavy (non-hydrogen) atoms. The minimum atomic E-state index is -3.78. The van der Waals surface area contributed by atoms with Crippen LogP contribution in [-0.4, -0.2) is 21.6 Å². The van der Waals surface area contributed by atoms with Crippen molar-refractivity contribution in [3.05, 3.63) is 59.1 Å². The van der Waals surface area contributed by atoms with Crippen molar-refractivity contribution in [2.45, 2.75) is 4.90 Å². The Labute approximate surface area is 131 Å². The molecule has 0 radical (unpaired) electrons. The molecule has 0 amide bonds. The zero-order chi connectivity index (χ0) is 16.2. The smallest absolute Gasteiger partial charge is 0.242 e. The Morgan fingerprint density at radius 1 is 1.14 bits per heavy atom. The highest BCUT2D eigenvalue weighted by Crippen LogP contribution is 2.20. The quantitative estimate of drug-likeness (QED) is 0.817. The first kappa shape index (κ1) is 16.7. The molecule has 0 aliphatic heterocycles. The second kappa shape index (κ2) is 7.04. The summed E-state index contributed by atoms with van der Waals surface area (Å²) in [6.07, 6.45) is 0. The number of rotatable bonds is 6.